The molecule has 0 saturated heterocycles. The van der Waals surface area contributed by atoms with E-state index in [1.807, 2.05) is 22.6 Å². The Labute approximate surface area is 65.1 Å². The van der Waals surface area contributed by atoms with Crippen LogP contribution in [0.3, 0.4) is 0 Å². The van der Waals surface area contributed by atoms with E-state index < -0.39 is 12.7 Å². The van der Waals surface area contributed by atoms with Gasteiger partial charge in [0.25, 0.3) is 0 Å². The fourth-order valence-corrected chi connectivity index (χ4v) is 0.678. The third-order valence-corrected chi connectivity index (χ3v) is 1.14. The van der Waals surface area contributed by atoms with Crippen LogP contribution in [0, 0.1) is 0 Å². The molecule has 0 saturated carbocycles. The van der Waals surface area contributed by atoms with Gasteiger partial charge in [0.05, 0.1) is 6.54 Å². The largest absolute Gasteiger partial charge is 0.401 e. The van der Waals surface area contributed by atoms with Gasteiger partial charge in [-0.1, -0.05) is 22.6 Å². The van der Waals surface area contributed by atoms with E-state index in [2.05, 4.69) is 5.32 Å². The van der Waals surface area contributed by atoms with Gasteiger partial charge < -0.3 is 5.32 Å². The summed E-state index contributed by atoms with van der Waals surface area (Å²) in [7, 11) is 0. The van der Waals surface area contributed by atoms with Crippen LogP contribution in [0.1, 0.15) is 0 Å². The Morgan fingerprint density at radius 3 is 2.22 bits per heavy atom. The summed E-state index contributed by atoms with van der Waals surface area (Å²) in [5.41, 5.74) is 0. The van der Waals surface area contributed by atoms with Gasteiger partial charge in [-0.05, 0) is 0 Å². The first-order valence-corrected chi connectivity index (χ1v) is 3.92. The summed E-state index contributed by atoms with van der Waals surface area (Å²) in [6.45, 7) is -0.462. The predicted molar refractivity (Wildman–Crippen MR) is 37.8 cm³/mol. The van der Waals surface area contributed by atoms with E-state index in [-0.39, 0.29) is 0 Å². The minimum Gasteiger partial charge on any atom is -0.308 e. The first-order valence-electron chi connectivity index (χ1n) is 2.39. The van der Waals surface area contributed by atoms with E-state index in [4.69, 9.17) is 0 Å². The molecule has 0 atom stereocenters. The summed E-state index contributed by atoms with van der Waals surface area (Å²) in [5, 5.41) is 2.24. The lowest BCUT2D eigenvalue weighted by Crippen LogP contribution is -2.29. The molecule has 0 aromatic rings. The number of nitrogens with one attached hydrogen (secondary N) is 1. The third kappa shape index (κ3) is 8.48. The zero-order valence-corrected chi connectivity index (χ0v) is 6.79. The maximum atomic E-state index is 11.3. The van der Waals surface area contributed by atoms with Gasteiger partial charge in [0.2, 0.25) is 0 Å². The second kappa shape index (κ2) is 4.32. The fourth-order valence-electron chi connectivity index (χ4n) is 0.297. The average molecular weight is 253 g/mol. The maximum absolute atomic E-state index is 11.3. The molecule has 0 amide bonds. The van der Waals surface area contributed by atoms with Crippen LogP contribution in [0.2, 0.25) is 0 Å². The smallest absolute Gasteiger partial charge is 0.308 e. The molecule has 0 fully saturated rings. The monoisotopic (exact) mass is 253 g/mol. The summed E-state index contributed by atoms with van der Waals surface area (Å²) in [6.07, 6.45) is -4.06. The topological polar surface area (TPSA) is 12.0 Å². The van der Waals surface area contributed by atoms with Crippen LogP contribution < -0.4 is 5.32 Å². The van der Waals surface area contributed by atoms with Crippen molar-refractivity contribution in [3.63, 3.8) is 0 Å². The zero-order chi connectivity index (χ0) is 7.33. The lowest BCUT2D eigenvalue weighted by atomic mass is 10.6. The third-order valence-electron chi connectivity index (χ3n) is 0.597. The van der Waals surface area contributed by atoms with E-state index in [1.54, 1.807) is 0 Å². The Kier molecular flexibility index (Phi) is 4.55. The summed E-state index contributed by atoms with van der Waals surface area (Å²) < 4.78 is 34.6. The molecular weight excluding hydrogens is 246 g/mol. The number of hydrogen-bond donors (Lipinski definition) is 1. The van der Waals surface area contributed by atoms with E-state index in [1.165, 1.54) is 0 Å². The molecule has 0 heterocycles. The molecule has 1 N–H and O–H groups in total. The van der Waals surface area contributed by atoms with Crippen molar-refractivity contribution >= 4 is 22.6 Å². The van der Waals surface area contributed by atoms with Gasteiger partial charge in [-0.2, -0.15) is 13.2 Å². The van der Waals surface area contributed by atoms with Crippen LogP contribution in [0.5, 0.6) is 0 Å². The van der Waals surface area contributed by atoms with Gasteiger partial charge in [-0.15, -0.1) is 0 Å². The predicted octanol–water partition coefficient (Wildman–Crippen LogP) is 1.57. The summed E-state index contributed by atoms with van der Waals surface area (Å²) in [5.74, 6) is 0. The Morgan fingerprint density at radius 2 is 1.89 bits per heavy atom. The van der Waals surface area contributed by atoms with Crippen molar-refractivity contribution in [1.29, 1.82) is 0 Å². The van der Waals surface area contributed by atoms with Crippen LogP contribution in [0.15, 0.2) is 0 Å². The molecule has 9 heavy (non-hydrogen) atoms. The summed E-state index contributed by atoms with van der Waals surface area (Å²) in [6, 6.07) is 0. The molecule has 0 aromatic carbocycles. The zero-order valence-electron chi connectivity index (χ0n) is 4.63. The quantitative estimate of drug-likeness (QED) is 0.457. The van der Waals surface area contributed by atoms with Crippen LogP contribution in [-0.2, 0) is 0 Å². The minimum absolute atomic E-state index is 0.417. The van der Waals surface area contributed by atoms with E-state index in [0.29, 0.717) is 11.0 Å². The highest BCUT2D eigenvalue weighted by Crippen LogP contribution is 2.11. The molecule has 0 aliphatic carbocycles. The van der Waals surface area contributed by atoms with Gasteiger partial charge in [0.1, 0.15) is 0 Å². The fraction of sp³-hybridized carbons (Fsp3) is 1.00. The second-order valence-electron chi connectivity index (χ2n) is 1.48. The number of halogens is 4. The number of rotatable bonds is 3. The van der Waals surface area contributed by atoms with Crippen LogP contribution in [0.25, 0.3) is 0 Å². The molecule has 0 spiro atoms. The van der Waals surface area contributed by atoms with E-state index >= 15 is 0 Å². The standard InChI is InChI=1S/C4H7F3IN/c5-4(6,7)3-9-2-1-8/h9H,1-3H2. The van der Waals surface area contributed by atoms with Crippen molar-refractivity contribution in [2.45, 2.75) is 6.18 Å². The molecule has 0 unspecified atom stereocenters. The molecule has 56 valence electrons. The van der Waals surface area contributed by atoms with Crippen molar-refractivity contribution in [2.75, 3.05) is 17.5 Å². The van der Waals surface area contributed by atoms with Crippen molar-refractivity contribution in [3.05, 3.63) is 0 Å². The second-order valence-corrected chi connectivity index (χ2v) is 2.56. The normalized spacial score (nSPS) is 12.0. The first kappa shape index (κ1) is 9.48. The molecule has 1 nitrogen and oxygen atoms in total. The van der Waals surface area contributed by atoms with E-state index in [9.17, 15) is 13.2 Å². The molecule has 0 aliphatic rings. The molecular formula is C4H7F3IN. The molecule has 0 aromatic heterocycles. The lowest BCUT2D eigenvalue weighted by molar-refractivity contribution is -0.124. The molecule has 0 radical (unpaired) electrons. The lowest BCUT2D eigenvalue weighted by Gasteiger charge is -2.05. The van der Waals surface area contributed by atoms with Crippen molar-refractivity contribution in [1.82, 2.24) is 5.32 Å². The minimum atomic E-state index is -4.06. The van der Waals surface area contributed by atoms with Gasteiger partial charge in [0.15, 0.2) is 0 Å². The van der Waals surface area contributed by atoms with Crippen LogP contribution in [-0.4, -0.2) is 23.7 Å². The maximum Gasteiger partial charge on any atom is 0.401 e. The van der Waals surface area contributed by atoms with Gasteiger partial charge in [0, 0.05) is 11.0 Å². The van der Waals surface area contributed by atoms with Crippen molar-refractivity contribution in [2.24, 2.45) is 0 Å². The molecule has 0 aliphatic heterocycles. The first-order chi connectivity index (χ1) is 4.06. The summed E-state index contributed by atoms with van der Waals surface area (Å²) >= 11 is 2.01. The SMILES string of the molecule is FC(F)(F)CNCCI. The highest BCUT2D eigenvalue weighted by Gasteiger charge is 2.25. The highest BCUT2D eigenvalue weighted by molar-refractivity contribution is 14.1. The Bertz CT molecular complexity index is 72.7. The number of hydrogen-bond acceptors (Lipinski definition) is 1. The Hall–Kier alpha value is 0.480. The van der Waals surface area contributed by atoms with Gasteiger partial charge >= 0.3 is 6.18 Å². The number of alkyl halides is 4. The Balaban J connectivity index is 3.07. The average Bonchev–Trinajstić information content (AvgIpc) is 1.63. The molecule has 0 bridgehead atoms. The highest BCUT2D eigenvalue weighted by atomic mass is 127. The van der Waals surface area contributed by atoms with Gasteiger partial charge in [-0.25, -0.2) is 0 Å². The molecule has 0 rings (SSSR count). The summed E-state index contributed by atoms with van der Waals surface area (Å²) in [4.78, 5) is 0. The van der Waals surface area contributed by atoms with Crippen LogP contribution in [0.4, 0.5) is 13.2 Å². The van der Waals surface area contributed by atoms with E-state index in [0.717, 1.165) is 0 Å². The van der Waals surface area contributed by atoms with Crippen LogP contribution >= 0.6 is 22.6 Å². The van der Waals surface area contributed by atoms with Gasteiger partial charge in [-0.3, -0.25) is 0 Å². The Morgan fingerprint density at radius 1 is 1.33 bits per heavy atom. The van der Waals surface area contributed by atoms with Crippen molar-refractivity contribution in [3.8, 4) is 0 Å². The van der Waals surface area contributed by atoms with Crippen molar-refractivity contribution < 1.29 is 13.2 Å². The molecule has 5 heteroatoms.